The standard InChI is InChI=1S/C33H59N3O3/c1-5-6-7-8-9-10-11-12-13-14-15-16-17-18-19-22-28-36(4)32(37)31-25-21-20-24-30(31)29-39-33(38)34-26-23-27-35(2)3/h20-21,24-25H,5-19,22-23,26-29H2,1-4H3,(H,34,38). The first-order valence-electron chi connectivity index (χ1n) is 15.8. The summed E-state index contributed by atoms with van der Waals surface area (Å²) in [6.45, 7) is 4.59. The molecule has 0 saturated heterocycles. The summed E-state index contributed by atoms with van der Waals surface area (Å²) in [4.78, 5) is 28.9. The first-order valence-corrected chi connectivity index (χ1v) is 15.8. The van der Waals surface area contributed by atoms with Gasteiger partial charge in [-0.25, -0.2) is 4.79 Å². The molecule has 1 aromatic rings. The number of amides is 2. The predicted molar refractivity (Wildman–Crippen MR) is 164 cm³/mol. The number of alkyl carbamates (subject to hydrolysis) is 1. The quantitative estimate of drug-likeness (QED) is 0.133. The van der Waals surface area contributed by atoms with Crippen LogP contribution in [0.1, 0.15) is 132 Å². The Morgan fingerprint density at radius 1 is 0.692 bits per heavy atom. The minimum absolute atomic E-state index is 0.0125. The molecule has 6 heteroatoms. The van der Waals surface area contributed by atoms with Crippen molar-refractivity contribution in [1.82, 2.24) is 15.1 Å². The third kappa shape index (κ3) is 18.8. The molecule has 39 heavy (non-hydrogen) atoms. The number of benzene rings is 1. The van der Waals surface area contributed by atoms with Crippen LogP contribution in [0, 0.1) is 0 Å². The van der Waals surface area contributed by atoms with E-state index in [-0.39, 0.29) is 12.5 Å². The molecule has 1 aromatic carbocycles. The minimum Gasteiger partial charge on any atom is -0.445 e. The Labute approximate surface area is 240 Å². The lowest BCUT2D eigenvalue weighted by Crippen LogP contribution is -2.30. The number of carbonyl (C=O) groups is 2. The molecule has 0 fully saturated rings. The lowest BCUT2D eigenvalue weighted by Gasteiger charge is -2.19. The fourth-order valence-corrected chi connectivity index (χ4v) is 4.84. The average molecular weight is 546 g/mol. The molecule has 0 unspecified atom stereocenters. The van der Waals surface area contributed by atoms with Crippen LogP contribution in [-0.4, -0.2) is 62.6 Å². The maximum atomic E-state index is 13.0. The van der Waals surface area contributed by atoms with Crippen LogP contribution >= 0.6 is 0 Å². The molecular weight excluding hydrogens is 486 g/mol. The van der Waals surface area contributed by atoms with Gasteiger partial charge in [0.15, 0.2) is 0 Å². The smallest absolute Gasteiger partial charge is 0.407 e. The predicted octanol–water partition coefficient (Wildman–Crippen LogP) is 8.20. The molecular formula is C33H59N3O3. The molecule has 0 aromatic heterocycles. The Bertz CT molecular complexity index is 753. The van der Waals surface area contributed by atoms with Crippen LogP contribution in [0.15, 0.2) is 24.3 Å². The number of hydrogen-bond donors (Lipinski definition) is 1. The highest BCUT2D eigenvalue weighted by atomic mass is 16.5. The van der Waals surface area contributed by atoms with Crippen molar-refractivity contribution in [3.05, 3.63) is 35.4 Å². The van der Waals surface area contributed by atoms with Crippen molar-refractivity contribution in [2.45, 2.75) is 123 Å². The Morgan fingerprint density at radius 2 is 1.21 bits per heavy atom. The van der Waals surface area contributed by atoms with Gasteiger partial charge in [0.05, 0.1) is 0 Å². The van der Waals surface area contributed by atoms with Crippen LogP contribution in [0.2, 0.25) is 0 Å². The zero-order valence-electron chi connectivity index (χ0n) is 25.8. The number of rotatable bonds is 24. The fraction of sp³-hybridized carbons (Fsp3) is 0.758. The van der Waals surface area contributed by atoms with Crippen LogP contribution < -0.4 is 5.32 Å². The number of nitrogens with zero attached hydrogens (tertiary/aromatic N) is 2. The summed E-state index contributed by atoms with van der Waals surface area (Å²) in [7, 11) is 5.87. The molecule has 0 aliphatic carbocycles. The molecule has 0 aliphatic heterocycles. The second-order valence-electron chi connectivity index (χ2n) is 11.3. The highest BCUT2D eigenvalue weighted by molar-refractivity contribution is 5.95. The number of hydrogen-bond acceptors (Lipinski definition) is 4. The van der Waals surface area contributed by atoms with Gasteiger partial charge in [-0.05, 0) is 39.5 Å². The van der Waals surface area contributed by atoms with E-state index < -0.39 is 6.09 Å². The van der Waals surface area contributed by atoms with Gasteiger partial charge in [-0.2, -0.15) is 0 Å². The second-order valence-corrected chi connectivity index (χ2v) is 11.3. The fourth-order valence-electron chi connectivity index (χ4n) is 4.84. The molecule has 0 atom stereocenters. The molecule has 224 valence electrons. The van der Waals surface area contributed by atoms with Crippen molar-refractivity contribution < 1.29 is 14.3 Å². The van der Waals surface area contributed by atoms with Crippen molar-refractivity contribution in [2.24, 2.45) is 0 Å². The highest BCUT2D eigenvalue weighted by Gasteiger charge is 2.16. The maximum Gasteiger partial charge on any atom is 0.407 e. The van der Waals surface area contributed by atoms with Gasteiger partial charge in [0, 0.05) is 31.3 Å². The van der Waals surface area contributed by atoms with Crippen molar-refractivity contribution in [1.29, 1.82) is 0 Å². The molecule has 0 bridgehead atoms. The van der Waals surface area contributed by atoms with Crippen molar-refractivity contribution >= 4 is 12.0 Å². The van der Waals surface area contributed by atoms with Crippen LogP contribution in [0.4, 0.5) is 4.79 Å². The van der Waals surface area contributed by atoms with Crippen molar-refractivity contribution in [2.75, 3.05) is 40.8 Å². The SMILES string of the molecule is CCCCCCCCCCCCCCCCCCN(C)C(=O)c1ccccc1COC(=O)NCCCN(C)C. The Kier molecular flexibility index (Phi) is 21.3. The molecule has 2 amide bonds. The molecule has 1 rings (SSSR count). The molecule has 0 spiro atoms. The van der Waals surface area contributed by atoms with Gasteiger partial charge >= 0.3 is 6.09 Å². The molecule has 1 N–H and O–H groups in total. The van der Waals surface area contributed by atoms with Gasteiger partial charge < -0.3 is 19.9 Å². The van der Waals surface area contributed by atoms with E-state index in [1.165, 1.54) is 89.9 Å². The Morgan fingerprint density at radius 3 is 1.74 bits per heavy atom. The minimum atomic E-state index is -0.447. The zero-order valence-corrected chi connectivity index (χ0v) is 25.8. The highest BCUT2D eigenvalue weighted by Crippen LogP contribution is 2.15. The van der Waals surface area contributed by atoms with Gasteiger partial charge in [0.25, 0.3) is 5.91 Å². The maximum absolute atomic E-state index is 13.0. The van der Waals surface area contributed by atoms with Gasteiger partial charge in [0.2, 0.25) is 0 Å². The van der Waals surface area contributed by atoms with Crippen molar-refractivity contribution in [3.8, 4) is 0 Å². The molecule has 0 heterocycles. The number of carbonyl (C=O) groups excluding carboxylic acids is 2. The first kappa shape index (κ1) is 34.9. The third-order valence-corrected chi connectivity index (χ3v) is 7.35. The summed E-state index contributed by atoms with van der Waals surface area (Å²) in [6.07, 6.45) is 21.9. The van der Waals surface area contributed by atoms with Gasteiger partial charge in [-0.15, -0.1) is 0 Å². The second kappa shape index (κ2) is 23.8. The van der Waals surface area contributed by atoms with Crippen LogP contribution in [0.5, 0.6) is 0 Å². The van der Waals surface area contributed by atoms with E-state index in [9.17, 15) is 9.59 Å². The zero-order chi connectivity index (χ0) is 28.6. The van der Waals surface area contributed by atoms with Gasteiger partial charge in [0.1, 0.15) is 6.61 Å². The Hall–Kier alpha value is -2.08. The molecule has 0 saturated carbocycles. The summed E-state index contributed by atoms with van der Waals surface area (Å²) < 4.78 is 5.37. The van der Waals surface area contributed by atoms with Crippen molar-refractivity contribution in [3.63, 3.8) is 0 Å². The van der Waals surface area contributed by atoms with E-state index in [1.54, 1.807) is 4.90 Å². The van der Waals surface area contributed by atoms with E-state index in [0.29, 0.717) is 12.1 Å². The summed E-state index contributed by atoms with van der Waals surface area (Å²) in [5, 5.41) is 2.77. The summed E-state index contributed by atoms with van der Waals surface area (Å²) in [5.74, 6) is -0.0125. The lowest BCUT2D eigenvalue weighted by molar-refractivity contribution is 0.0786. The van der Waals surface area contributed by atoms with E-state index >= 15 is 0 Å². The number of ether oxygens (including phenoxy) is 1. The first-order chi connectivity index (χ1) is 19.0. The summed E-state index contributed by atoms with van der Waals surface area (Å²) in [5.41, 5.74) is 1.35. The van der Waals surface area contributed by atoms with Gasteiger partial charge in [-0.3, -0.25) is 4.79 Å². The Balaban J connectivity index is 2.12. The largest absolute Gasteiger partial charge is 0.445 e. The van der Waals surface area contributed by atoms with E-state index in [1.807, 2.05) is 45.4 Å². The van der Waals surface area contributed by atoms with E-state index in [4.69, 9.17) is 4.74 Å². The van der Waals surface area contributed by atoms with Crippen LogP contribution in [-0.2, 0) is 11.3 Å². The topological polar surface area (TPSA) is 61.9 Å². The summed E-state index contributed by atoms with van der Waals surface area (Å²) in [6, 6.07) is 7.41. The third-order valence-electron chi connectivity index (χ3n) is 7.35. The van der Waals surface area contributed by atoms with Gasteiger partial charge in [-0.1, -0.05) is 121 Å². The molecule has 6 nitrogen and oxygen atoms in total. The average Bonchev–Trinajstić information content (AvgIpc) is 2.93. The monoisotopic (exact) mass is 545 g/mol. The molecule has 0 aliphatic rings. The number of unbranched alkanes of at least 4 members (excludes halogenated alkanes) is 15. The molecule has 0 radical (unpaired) electrons. The summed E-state index contributed by atoms with van der Waals surface area (Å²) >= 11 is 0. The van der Waals surface area contributed by atoms with Crippen LogP contribution in [0.3, 0.4) is 0 Å². The van der Waals surface area contributed by atoms with E-state index in [2.05, 4.69) is 17.1 Å². The lowest BCUT2D eigenvalue weighted by atomic mass is 10.0. The number of nitrogens with one attached hydrogen (secondary N) is 1. The van der Waals surface area contributed by atoms with E-state index in [0.717, 1.165) is 37.9 Å². The normalized spacial score (nSPS) is 11.1. The van der Waals surface area contributed by atoms with Crippen LogP contribution in [0.25, 0.3) is 0 Å².